The summed E-state index contributed by atoms with van der Waals surface area (Å²) in [5, 5.41) is 4.65. The van der Waals surface area contributed by atoms with Crippen molar-refractivity contribution in [2.75, 3.05) is 13.1 Å². The van der Waals surface area contributed by atoms with E-state index in [1.165, 1.54) is 24.8 Å². The Bertz CT molecular complexity index is 896. The number of likely N-dealkylation sites (tertiary alicyclic amines) is 1. The molecule has 0 atom stereocenters. The third kappa shape index (κ3) is 3.75. The van der Waals surface area contributed by atoms with E-state index in [1.54, 1.807) is 4.68 Å². The maximum absolute atomic E-state index is 12.4. The molecule has 1 saturated heterocycles. The zero-order chi connectivity index (χ0) is 18.9. The molecule has 0 unspecified atom stereocenters. The Morgan fingerprint density at radius 2 is 1.93 bits per heavy atom. The van der Waals surface area contributed by atoms with E-state index in [1.807, 2.05) is 12.3 Å². The molecule has 0 amide bonds. The fourth-order valence-electron chi connectivity index (χ4n) is 4.74. The van der Waals surface area contributed by atoms with Crippen LogP contribution in [-0.4, -0.2) is 37.7 Å². The van der Waals surface area contributed by atoms with Crippen LogP contribution in [0.15, 0.2) is 23.1 Å². The van der Waals surface area contributed by atoms with Crippen molar-refractivity contribution in [3.8, 4) is 0 Å². The number of aryl methyl sites for hydroxylation is 2. The molecule has 148 valence electrons. The quantitative estimate of drug-likeness (QED) is 0.799. The summed E-state index contributed by atoms with van der Waals surface area (Å²) >= 11 is 0. The topological polar surface area (TPSA) is 63.9 Å². The number of aromatic nitrogens is 4. The van der Waals surface area contributed by atoms with Gasteiger partial charge >= 0.3 is 0 Å². The Morgan fingerprint density at radius 3 is 2.71 bits per heavy atom. The van der Waals surface area contributed by atoms with Crippen molar-refractivity contribution in [2.24, 2.45) is 5.92 Å². The molecule has 0 radical (unpaired) electrons. The second-order valence-corrected chi connectivity index (χ2v) is 8.74. The monoisotopic (exact) mass is 379 g/mol. The molecule has 6 heteroatoms. The van der Waals surface area contributed by atoms with Gasteiger partial charge in [-0.1, -0.05) is 6.42 Å². The molecule has 3 aliphatic rings. The van der Waals surface area contributed by atoms with Crippen LogP contribution in [0.2, 0.25) is 0 Å². The molecule has 28 heavy (non-hydrogen) atoms. The molecular weight excluding hydrogens is 350 g/mol. The van der Waals surface area contributed by atoms with E-state index in [9.17, 15) is 4.79 Å². The smallest absolute Gasteiger partial charge is 0.267 e. The van der Waals surface area contributed by atoms with Crippen LogP contribution in [0.3, 0.4) is 0 Å². The molecule has 2 fully saturated rings. The summed E-state index contributed by atoms with van der Waals surface area (Å²) in [7, 11) is 0. The molecule has 2 aromatic heterocycles. The average Bonchev–Trinajstić information content (AvgIpc) is 3.10. The van der Waals surface area contributed by atoms with E-state index >= 15 is 0 Å². The summed E-state index contributed by atoms with van der Waals surface area (Å²) < 4.78 is 1.72. The van der Waals surface area contributed by atoms with E-state index in [2.05, 4.69) is 21.0 Å². The van der Waals surface area contributed by atoms with E-state index in [0.717, 1.165) is 75.5 Å². The van der Waals surface area contributed by atoms with Crippen LogP contribution in [0.5, 0.6) is 0 Å². The summed E-state index contributed by atoms with van der Waals surface area (Å²) in [6, 6.07) is 3.88. The van der Waals surface area contributed by atoms with E-state index in [0.29, 0.717) is 11.8 Å². The van der Waals surface area contributed by atoms with Crippen molar-refractivity contribution >= 4 is 0 Å². The Morgan fingerprint density at radius 1 is 1.07 bits per heavy atom. The lowest BCUT2D eigenvalue weighted by atomic mass is 9.85. The van der Waals surface area contributed by atoms with Crippen LogP contribution in [-0.2, 0) is 25.9 Å². The number of fused-ring (bicyclic) bond motifs is 1. The maximum atomic E-state index is 12.4. The van der Waals surface area contributed by atoms with Gasteiger partial charge in [0.15, 0.2) is 0 Å². The molecule has 2 aromatic rings. The van der Waals surface area contributed by atoms with Gasteiger partial charge in [-0.25, -0.2) is 14.6 Å². The molecule has 1 saturated carbocycles. The number of hydrogen-bond acceptors (Lipinski definition) is 5. The molecule has 0 N–H and O–H groups in total. The van der Waals surface area contributed by atoms with E-state index < -0.39 is 0 Å². The molecule has 3 heterocycles. The molecular formula is C22H29N5O. The van der Waals surface area contributed by atoms with Gasteiger partial charge in [-0.05, 0) is 75.6 Å². The predicted molar refractivity (Wildman–Crippen MR) is 107 cm³/mol. The van der Waals surface area contributed by atoms with Crippen molar-refractivity contribution in [3.63, 3.8) is 0 Å². The van der Waals surface area contributed by atoms with Gasteiger partial charge in [-0.3, -0.25) is 9.69 Å². The van der Waals surface area contributed by atoms with Gasteiger partial charge in [0.05, 0.1) is 11.4 Å². The van der Waals surface area contributed by atoms with E-state index in [4.69, 9.17) is 4.98 Å². The molecule has 6 nitrogen and oxygen atoms in total. The van der Waals surface area contributed by atoms with Gasteiger partial charge < -0.3 is 0 Å². The van der Waals surface area contributed by atoms with Gasteiger partial charge in [-0.2, -0.15) is 5.10 Å². The molecule has 5 rings (SSSR count). The lowest BCUT2D eigenvalue weighted by Crippen LogP contribution is -2.37. The summed E-state index contributed by atoms with van der Waals surface area (Å²) in [5.41, 5.74) is 3.53. The molecule has 2 aliphatic carbocycles. The molecule has 0 aromatic carbocycles. The number of piperidine rings is 1. The van der Waals surface area contributed by atoms with Crippen LogP contribution < -0.4 is 5.56 Å². The highest BCUT2D eigenvalue weighted by Crippen LogP contribution is 2.34. The zero-order valence-electron chi connectivity index (χ0n) is 16.5. The predicted octanol–water partition coefficient (Wildman–Crippen LogP) is 2.70. The summed E-state index contributed by atoms with van der Waals surface area (Å²) in [4.78, 5) is 24.1. The largest absolute Gasteiger partial charge is 0.297 e. The van der Waals surface area contributed by atoms with Crippen LogP contribution >= 0.6 is 0 Å². The fourth-order valence-corrected chi connectivity index (χ4v) is 4.74. The lowest BCUT2D eigenvalue weighted by molar-refractivity contribution is 0.161. The second-order valence-electron chi connectivity index (χ2n) is 8.74. The van der Waals surface area contributed by atoms with Crippen LogP contribution in [0.1, 0.15) is 67.2 Å². The first-order chi connectivity index (χ1) is 13.7. The minimum atomic E-state index is 0.0765. The maximum Gasteiger partial charge on any atom is 0.267 e. The fraction of sp³-hybridized carbons (Fsp3) is 0.636. The first-order valence-corrected chi connectivity index (χ1v) is 10.9. The summed E-state index contributed by atoms with van der Waals surface area (Å²) in [6.45, 7) is 3.80. The normalized spacial score (nSPS) is 20.9. The number of nitrogens with zero attached hydrogens (tertiary/aromatic N) is 5. The standard InChI is InChI=1S/C22H29N5O/c28-21-13-18-5-2-6-20(18)25-27(21)14-16-8-11-26(12-9-16)15-19-7-10-23-22(24-19)17-3-1-4-17/h7,10,13,16-17H,1-6,8-9,11-12,14-15H2. The van der Waals surface area contributed by atoms with E-state index in [-0.39, 0.29) is 5.56 Å². The zero-order valence-corrected chi connectivity index (χ0v) is 16.5. The Labute approximate surface area is 166 Å². The van der Waals surface area contributed by atoms with Crippen molar-refractivity contribution < 1.29 is 0 Å². The first-order valence-electron chi connectivity index (χ1n) is 10.9. The van der Waals surface area contributed by atoms with Gasteiger partial charge in [0.25, 0.3) is 5.56 Å². The highest BCUT2D eigenvalue weighted by Gasteiger charge is 2.24. The van der Waals surface area contributed by atoms with Gasteiger partial charge in [0.2, 0.25) is 0 Å². The average molecular weight is 380 g/mol. The number of rotatable bonds is 5. The minimum absolute atomic E-state index is 0.0765. The Kier molecular flexibility index (Phi) is 4.97. The van der Waals surface area contributed by atoms with Gasteiger partial charge in [-0.15, -0.1) is 0 Å². The van der Waals surface area contributed by atoms with Gasteiger partial charge in [0.1, 0.15) is 5.82 Å². The van der Waals surface area contributed by atoms with Crippen molar-refractivity contribution in [3.05, 3.63) is 51.5 Å². The summed E-state index contributed by atoms with van der Waals surface area (Å²) in [5.74, 6) is 2.17. The van der Waals surface area contributed by atoms with Crippen LogP contribution in [0.25, 0.3) is 0 Å². The molecule has 0 bridgehead atoms. The lowest BCUT2D eigenvalue weighted by Gasteiger charge is -2.32. The minimum Gasteiger partial charge on any atom is -0.297 e. The molecule has 0 spiro atoms. The van der Waals surface area contributed by atoms with Crippen LogP contribution in [0.4, 0.5) is 0 Å². The van der Waals surface area contributed by atoms with Crippen molar-refractivity contribution in [1.82, 2.24) is 24.6 Å². The van der Waals surface area contributed by atoms with Crippen LogP contribution in [0, 0.1) is 5.92 Å². The highest BCUT2D eigenvalue weighted by atomic mass is 16.1. The third-order valence-electron chi connectivity index (χ3n) is 6.75. The Hall–Kier alpha value is -2.08. The second kappa shape index (κ2) is 7.74. The Balaban J connectivity index is 1.16. The third-order valence-corrected chi connectivity index (χ3v) is 6.75. The number of hydrogen-bond donors (Lipinski definition) is 0. The SMILES string of the molecule is O=c1cc2c(nn1CC1CCN(Cc3ccnc(C4CCC4)n3)CC1)CCC2. The van der Waals surface area contributed by atoms with Crippen molar-refractivity contribution in [1.29, 1.82) is 0 Å². The first kappa shape index (κ1) is 18.0. The van der Waals surface area contributed by atoms with Crippen molar-refractivity contribution in [2.45, 2.75) is 70.4 Å². The highest BCUT2D eigenvalue weighted by molar-refractivity contribution is 5.22. The summed E-state index contributed by atoms with van der Waals surface area (Å²) in [6.07, 6.45) is 11.1. The van der Waals surface area contributed by atoms with Gasteiger partial charge in [0, 0.05) is 31.3 Å². The molecule has 1 aliphatic heterocycles.